The summed E-state index contributed by atoms with van der Waals surface area (Å²) in [5.74, 6) is 4.33. The van der Waals surface area contributed by atoms with E-state index in [4.69, 9.17) is 0 Å². The number of alkyl halides is 3. The number of benzene rings is 1. The summed E-state index contributed by atoms with van der Waals surface area (Å²) in [5.41, 5.74) is -0.819. The smallest absolute Gasteiger partial charge is 0.313 e. The van der Waals surface area contributed by atoms with Crippen molar-refractivity contribution < 1.29 is 17.6 Å². The summed E-state index contributed by atoms with van der Waals surface area (Å²) in [4.78, 5) is 0. The van der Waals surface area contributed by atoms with Crippen molar-refractivity contribution in [3.63, 3.8) is 0 Å². The zero-order valence-corrected chi connectivity index (χ0v) is 10.7. The molecule has 0 saturated heterocycles. The molecule has 1 rings (SSSR count). The van der Waals surface area contributed by atoms with Crippen LogP contribution >= 0.6 is 0 Å². The summed E-state index contributed by atoms with van der Waals surface area (Å²) in [6.45, 7) is 1.70. The highest BCUT2D eigenvalue weighted by Gasteiger charge is 2.34. The van der Waals surface area contributed by atoms with Crippen molar-refractivity contribution in [3.8, 4) is 11.8 Å². The topological polar surface area (TPSA) is 12.0 Å². The van der Waals surface area contributed by atoms with Gasteiger partial charge in [0.1, 0.15) is 5.82 Å². The van der Waals surface area contributed by atoms with Crippen molar-refractivity contribution in [2.45, 2.75) is 32.0 Å². The van der Waals surface area contributed by atoms with Crippen LogP contribution in [0.1, 0.15) is 36.9 Å². The van der Waals surface area contributed by atoms with E-state index in [9.17, 15) is 17.6 Å². The van der Waals surface area contributed by atoms with Crippen LogP contribution in [0.3, 0.4) is 0 Å². The Morgan fingerprint density at radius 2 is 2.00 bits per heavy atom. The van der Waals surface area contributed by atoms with Crippen molar-refractivity contribution in [1.82, 2.24) is 5.32 Å². The van der Waals surface area contributed by atoms with Gasteiger partial charge in [-0.25, -0.2) is 4.39 Å². The highest BCUT2D eigenvalue weighted by Crippen LogP contribution is 2.33. The first-order valence-corrected chi connectivity index (χ1v) is 5.83. The predicted octanol–water partition coefficient (Wildman–Crippen LogP) is 3.91. The van der Waals surface area contributed by atoms with Crippen LogP contribution in [0.4, 0.5) is 17.6 Å². The van der Waals surface area contributed by atoms with E-state index >= 15 is 0 Å². The normalized spacial score (nSPS) is 12.7. The van der Waals surface area contributed by atoms with Crippen LogP contribution < -0.4 is 5.32 Å². The number of rotatable bonds is 4. The lowest BCUT2D eigenvalue weighted by molar-refractivity contribution is -0.140. The maximum absolute atomic E-state index is 13.2. The summed E-state index contributed by atoms with van der Waals surface area (Å²) in [7, 11) is 1.65. The van der Waals surface area contributed by atoms with Gasteiger partial charge in [0.15, 0.2) is 0 Å². The Kier molecular flexibility index (Phi) is 5.37. The molecule has 0 aromatic heterocycles. The van der Waals surface area contributed by atoms with Gasteiger partial charge in [0.05, 0.1) is 5.56 Å². The summed E-state index contributed by atoms with van der Waals surface area (Å²) >= 11 is 0. The van der Waals surface area contributed by atoms with Gasteiger partial charge in [-0.05, 0) is 38.1 Å². The largest absolute Gasteiger partial charge is 0.419 e. The number of nitrogens with one attached hydrogen (secondary N) is 1. The third kappa shape index (κ3) is 4.25. The van der Waals surface area contributed by atoms with Gasteiger partial charge < -0.3 is 5.32 Å². The van der Waals surface area contributed by atoms with Gasteiger partial charge in [-0.3, -0.25) is 0 Å². The first-order valence-electron chi connectivity index (χ1n) is 5.83. The summed E-state index contributed by atoms with van der Waals surface area (Å²) in [5, 5.41) is 2.92. The number of halogens is 4. The van der Waals surface area contributed by atoms with Gasteiger partial charge in [0.25, 0.3) is 0 Å². The Hall–Kier alpha value is -1.54. The van der Waals surface area contributed by atoms with Crippen LogP contribution in [0, 0.1) is 17.7 Å². The Morgan fingerprint density at radius 3 is 2.53 bits per heavy atom. The van der Waals surface area contributed by atoms with Crippen molar-refractivity contribution in [2.24, 2.45) is 0 Å². The van der Waals surface area contributed by atoms with E-state index in [0.29, 0.717) is 18.4 Å². The quantitative estimate of drug-likeness (QED) is 0.648. The first kappa shape index (κ1) is 15.5. The SMILES string of the molecule is CC#CCCC(NC)c1ccc(F)c(C(F)(F)F)c1. The molecule has 5 heteroatoms. The fraction of sp³-hybridized carbons (Fsp3) is 0.429. The van der Waals surface area contributed by atoms with E-state index in [0.717, 1.165) is 12.1 Å². The minimum atomic E-state index is -4.68. The molecule has 0 heterocycles. The van der Waals surface area contributed by atoms with Gasteiger partial charge in [-0.2, -0.15) is 13.2 Å². The van der Waals surface area contributed by atoms with Gasteiger partial charge in [-0.15, -0.1) is 11.8 Å². The lowest BCUT2D eigenvalue weighted by atomic mass is 9.99. The van der Waals surface area contributed by atoms with E-state index in [2.05, 4.69) is 17.2 Å². The van der Waals surface area contributed by atoms with E-state index in [1.807, 2.05) is 0 Å². The van der Waals surface area contributed by atoms with Gasteiger partial charge in [0.2, 0.25) is 0 Å². The molecule has 1 aromatic carbocycles. The average Bonchev–Trinajstić information content (AvgIpc) is 2.34. The highest BCUT2D eigenvalue weighted by atomic mass is 19.4. The minimum Gasteiger partial charge on any atom is -0.313 e. The molecule has 1 unspecified atom stereocenters. The highest BCUT2D eigenvalue weighted by molar-refractivity contribution is 5.29. The van der Waals surface area contributed by atoms with E-state index in [1.54, 1.807) is 14.0 Å². The standard InChI is InChI=1S/C14H15F4N/c1-3-4-5-6-13(19-2)10-7-8-12(15)11(9-10)14(16,17)18/h7-9,13,19H,5-6H2,1-2H3. The molecule has 0 saturated carbocycles. The monoisotopic (exact) mass is 273 g/mol. The average molecular weight is 273 g/mol. The van der Waals surface area contributed by atoms with Crippen LogP contribution in [0.5, 0.6) is 0 Å². The lowest BCUT2D eigenvalue weighted by Crippen LogP contribution is -2.18. The molecular formula is C14H15F4N. The second-order valence-electron chi connectivity index (χ2n) is 4.04. The van der Waals surface area contributed by atoms with E-state index in [1.165, 1.54) is 6.07 Å². The molecule has 1 atom stereocenters. The number of hydrogen-bond donors (Lipinski definition) is 1. The molecule has 1 N–H and O–H groups in total. The van der Waals surface area contributed by atoms with Crippen LogP contribution in [-0.4, -0.2) is 7.05 Å². The third-order valence-corrected chi connectivity index (χ3v) is 2.78. The van der Waals surface area contributed by atoms with Gasteiger partial charge >= 0.3 is 6.18 Å². The van der Waals surface area contributed by atoms with Crippen molar-refractivity contribution in [2.75, 3.05) is 7.05 Å². The van der Waals surface area contributed by atoms with Gasteiger partial charge in [0, 0.05) is 12.5 Å². The zero-order valence-electron chi connectivity index (χ0n) is 10.7. The second-order valence-corrected chi connectivity index (χ2v) is 4.04. The molecule has 0 fully saturated rings. The lowest BCUT2D eigenvalue weighted by Gasteiger charge is -2.17. The van der Waals surface area contributed by atoms with Crippen molar-refractivity contribution in [3.05, 3.63) is 35.1 Å². The fourth-order valence-electron chi connectivity index (χ4n) is 1.80. The molecular weight excluding hydrogens is 258 g/mol. The maximum atomic E-state index is 13.2. The maximum Gasteiger partial charge on any atom is 0.419 e. The molecule has 0 radical (unpaired) electrons. The molecule has 0 amide bonds. The molecule has 0 aliphatic rings. The molecule has 104 valence electrons. The van der Waals surface area contributed by atoms with Crippen LogP contribution in [0.2, 0.25) is 0 Å². The Morgan fingerprint density at radius 1 is 1.32 bits per heavy atom. The minimum absolute atomic E-state index is 0.275. The van der Waals surface area contributed by atoms with Crippen LogP contribution in [-0.2, 0) is 6.18 Å². The molecule has 0 bridgehead atoms. The van der Waals surface area contributed by atoms with E-state index in [-0.39, 0.29) is 6.04 Å². The summed E-state index contributed by atoms with van der Waals surface area (Å²) in [6.07, 6.45) is -3.54. The van der Waals surface area contributed by atoms with Crippen molar-refractivity contribution >= 4 is 0 Å². The first-order chi connectivity index (χ1) is 8.90. The molecule has 0 aliphatic heterocycles. The fourth-order valence-corrected chi connectivity index (χ4v) is 1.80. The molecule has 1 aromatic rings. The predicted molar refractivity (Wildman–Crippen MR) is 65.9 cm³/mol. The zero-order chi connectivity index (χ0) is 14.5. The molecule has 1 nitrogen and oxygen atoms in total. The molecule has 0 spiro atoms. The second kappa shape index (κ2) is 6.58. The molecule has 19 heavy (non-hydrogen) atoms. The summed E-state index contributed by atoms with van der Waals surface area (Å²) < 4.78 is 51.0. The van der Waals surface area contributed by atoms with Crippen LogP contribution in [0.15, 0.2) is 18.2 Å². The Balaban J connectivity index is 3.01. The van der Waals surface area contributed by atoms with Crippen LogP contribution in [0.25, 0.3) is 0 Å². The number of hydrogen-bond acceptors (Lipinski definition) is 1. The van der Waals surface area contributed by atoms with Crippen molar-refractivity contribution in [1.29, 1.82) is 0 Å². The Bertz CT molecular complexity index is 482. The summed E-state index contributed by atoms with van der Waals surface area (Å²) in [6, 6.07) is 2.80. The van der Waals surface area contributed by atoms with E-state index < -0.39 is 17.6 Å². The Labute approximate surface area is 110 Å². The van der Waals surface area contributed by atoms with Gasteiger partial charge in [-0.1, -0.05) is 6.07 Å². The third-order valence-electron chi connectivity index (χ3n) is 2.78. The molecule has 0 aliphatic carbocycles.